The highest BCUT2D eigenvalue weighted by Crippen LogP contribution is 2.12. The van der Waals surface area contributed by atoms with Gasteiger partial charge in [0.15, 0.2) is 0 Å². The fraction of sp³-hybridized carbons (Fsp3) is 1.00. The maximum atomic E-state index is 9.35. The second-order valence-corrected chi connectivity index (χ2v) is 2.84. The molecule has 1 aliphatic rings. The molecule has 0 aromatic carbocycles. The first-order valence-corrected chi connectivity index (χ1v) is 3.84. The van der Waals surface area contributed by atoms with Crippen LogP contribution < -0.4 is 5.32 Å². The Morgan fingerprint density at radius 3 is 2.70 bits per heavy atom. The smallest absolute Gasteiger partial charge is 0.0602 e. The highest BCUT2D eigenvalue weighted by molar-refractivity contribution is 4.73. The van der Waals surface area contributed by atoms with Crippen molar-refractivity contribution in [2.75, 3.05) is 19.7 Å². The zero-order valence-electron chi connectivity index (χ0n) is 6.08. The van der Waals surface area contributed by atoms with Crippen molar-refractivity contribution in [2.24, 2.45) is 5.92 Å². The second kappa shape index (κ2) is 3.91. The maximum Gasteiger partial charge on any atom is 0.0602 e. The van der Waals surface area contributed by atoms with Crippen LogP contribution in [0.4, 0.5) is 0 Å². The lowest BCUT2D eigenvalue weighted by Gasteiger charge is -2.15. The summed E-state index contributed by atoms with van der Waals surface area (Å²) >= 11 is 0. The fourth-order valence-electron chi connectivity index (χ4n) is 1.30. The van der Waals surface area contributed by atoms with Crippen molar-refractivity contribution in [3.63, 3.8) is 0 Å². The monoisotopic (exact) mass is 145 g/mol. The van der Waals surface area contributed by atoms with Gasteiger partial charge < -0.3 is 15.5 Å². The van der Waals surface area contributed by atoms with Gasteiger partial charge in [0, 0.05) is 12.5 Å². The van der Waals surface area contributed by atoms with E-state index in [1.54, 1.807) is 0 Å². The highest BCUT2D eigenvalue weighted by Gasteiger charge is 2.19. The van der Waals surface area contributed by atoms with Crippen molar-refractivity contribution in [3.8, 4) is 0 Å². The maximum absolute atomic E-state index is 9.35. The van der Waals surface area contributed by atoms with Crippen molar-refractivity contribution in [2.45, 2.75) is 18.9 Å². The average molecular weight is 145 g/mol. The molecule has 0 bridgehead atoms. The lowest BCUT2D eigenvalue weighted by molar-refractivity contribution is 0.0655. The minimum atomic E-state index is -0.306. The van der Waals surface area contributed by atoms with E-state index < -0.39 is 0 Å². The Hall–Kier alpha value is -0.120. The number of hydrogen-bond donors (Lipinski definition) is 3. The van der Waals surface area contributed by atoms with Crippen LogP contribution in [-0.2, 0) is 0 Å². The molecular weight excluding hydrogens is 130 g/mol. The molecule has 3 heteroatoms. The minimum Gasteiger partial charge on any atom is -0.396 e. The SMILES string of the molecule is OC[C@H]1CCNCC[C@H]1O. The normalized spacial score (nSPS) is 35.4. The van der Waals surface area contributed by atoms with Gasteiger partial charge in [-0.3, -0.25) is 0 Å². The molecule has 3 nitrogen and oxygen atoms in total. The molecular formula is C7H15NO2. The van der Waals surface area contributed by atoms with Gasteiger partial charge in [-0.05, 0) is 25.9 Å². The van der Waals surface area contributed by atoms with Crippen molar-refractivity contribution >= 4 is 0 Å². The summed E-state index contributed by atoms with van der Waals surface area (Å²) < 4.78 is 0. The summed E-state index contributed by atoms with van der Waals surface area (Å²) in [6.45, 7) is 1.91. The topological polar surface area (TPSA) is 52.5 Å². The summed E-state index contributed by atoms with van der Waals surface area (Å²) in [5, 5.41) is 21.3. The van der Waals surface area contributed by atoms with Crippen molar-refractivity contribution < 1.29 is 10.2 Å². The molecule has 1 heterocycles. The highest BCUT2D eigenvalue weighted by atomic mass is 16.3. The Balaban J connectivity index is 2.35. The Bertz CT molecular complexity index is 97.6. The van der Waals surface area contributed by atoms with Gasteiger partial charge >= 0.3 is 0 Å². The van der Waals surface area contributed by atoms with Gasteiger partial charge in [-0.1, -0.05) is 0 Å². The van der Waals surface area contributed by atoms with E-state index in [1.807, 2.05) is 0 Å². The molecule has 0 saturated carbocycles. The van der Waals surface area contributed by atoms with Crippen LogP contribution in [0.25, 0.3) is 0 Å². The Labute approximate surface area is 61.1 Å². The first-order chi connectivity index (χ1) is 4.84. The van der Waals surface area contributed by atoms with Crippen LogP contribution in [0.5, 0.6) is 0 Å². The summed E-state index contributed by atoms with van der Waals surface area (Å²) in [6, 6.07) is 0. The molecule has 1 saturated heterocycles. The van der Waals surface area contributed by atoms with Crippen molar-refractivity contribution in [1.29, 1.82) is 0 Å². The van der Waals surface area contributed by atoms with Gasteiger partial charge in [0.2, 0.25) is 0 Å². The van der Waals surface area contributed by atoms with Gasteiger partial charge in [-0.2, -0.15) is 0 Å². The molecule has 3 N–H and O–H groups in total. The standard InChI is InChI=1S/C7H15NO2/c9-5-6-1-3-8-4-2-7(6)10/h6-10H,1-5H2/t6-,7-/m1/s1. The zero-order chi connectivity index (χ0) is 7.40. The van der Waals surface area contributed by atoms with E-state index in [4.69, 9.17) is 5.11 Å². The van der Waals surface area contributed by atoms with Gasteiger partial charge in [0.05, 0.1) is 6.10 Å². The number of rotatable bonds is 1. The van der Waals surface area contributed by atoms with E-state index in [-0.39, 0.29) is 18.6 Å². The zero-order valence-corrected chi connectivity index (χ0v) is 6.08. The predicted molar refractivity (Wildman–Crippen MR) is 38.7 cm³/mol. The van der Waals surface area contributed by atoms with E-state index in [0.29, 0.717) is 0 Å². The van der Waals surface area contributed by atoms with Gasteiger partial charge in [-0.15, -0.1) is 0 Å². The minimum absolute atomic E-state index is 0.0926. The first-order valence-electron chi connectivity index (χ1n) is 3.84. The molecule has 0 unspecified atom stereocenters. The third kappa shape index (κ3) is 1.94. The van der Waals surface area contributed by atoms with E-state index in [0.717, 1.165) is 25.9 Å². The lowest BCUT2D eigenvalue weighted by atomic mass is 9.99. The summed E-state index contributed by atoms with van der Waals surface area (Å²) in [4.78, 5) is 0. The first kappa shape index (κ1) is 7.98. The summed E-state index contributed by atoms with van der Waals surface area (Å²) in [5.41, 5.74) is 0. The number of nitrogens with one attached hydrogen (secondary N) is 1. The van der Waals surface area contributed by atoms with Crippen LogP contribution in [-0.4, -0.2) is 36.0 Å². The molecule has 0 aromatic heterocycles. The summed E-state index contributed by atoms with van der Waals surface area (Å²) in [6.07, 6.45) is 1.35. The molecule has 1 rings (SSSR count). The molecule has 0 aliphatic carbocycles. The molecule has 0 aromatic rings. The molecule has 0 spiro atoms. The van der Waals surface area contributed by atoms with E-state index >= 15 is 0 Å². The largest absolute Gasteiger partial charge is 0.396 e. The van der Waals surface area contributed by atoms with Gasteiger partial charge in [0.25, 0.3) is 0 Å². The van der Waals surface area contributed by atoms with Crippen LogP contribution in [0.2, 0.25) is 0 Å². The number of aliphatic hydroxyl groups excluding tert-OH is 2. The summed E-state index contributed by atoms with van der Waals surface area (Å²) in [7, 11) is 0. The Morgan fingerprint density at radius 1 is 1.30 bits per heavy atom. The fourth-order valence-corrected chi connectivity index (χ4v) is 1.30. The van der Waals surface area contributed by atoms with Crippen LogP contribution in [0, 0.1) is 5.92 Å². The third-order valence-electron chi connectivity index (χ3n) is 2.09. The molecule has 1 fully saturated rings. The summed E-state index contributed by atoms with van der Waals surface area (Å²) in [5.74, 6) is 0.0926. The molecule has 60 valence electrons. The van der Waals surface area contributed by atoms with Crippen LogP contribution in [0.3, 0.4) is 0 Å². The quantitative estimate of drug-likeness (QED) is 0.459. The number of aliphatic hydroxyl groups is 2. The second-order valence-electron chi connectivity index (χ2n) is 2.84. The average Bonchev–Trinajstić information content (AvgIpc) is 2.13. The van der Waals surface area contributed by atoms with E-state index in [1.165, 1.54) is 0 Å². The molecule has 10 heavy (non-hydrogen) atoms. The van der Waals surface area contributed by atoms with Gasteiger partial charge in [-0.25, -0.2) is 0 Å². The van der Waals surface area contributed by atoms with E-state index in [9.17, 15) is 5.11 Å². The predicted octanol–water partition coefficient (Wildman–Crippen LogP) is -0.661. The Morgan fingerprint density at radius 2 is 2.00 bits per heavy atom. The van der Waals surface area contributed by atoms with Gasteiger partial charge in [0.1, 0.15) is 0 Å². The molecule has 0 radical (unpaired) electrons. The molecule has 1 aliphatic heterocycles. The van der Waals surface area contributed by atoms with Crippen LogP contribution in [0.1, 0.15) is 12.8 Å². The molecule has 2 atom stereocenters. The van der Waals surface area contributed by atoms with Crippen molar-refractivity contribution in [1.82, 2.24) is 5.32 Å². The third-order valence-corrected chi connectivity index (χ3v) is 2.09. The van der Waals surface area contributed by atoms with Crippen LogP contribution in [0.15, 0.2) is 0 Å². The molecule has 0 amide bonds. The van der Waals surface area contributed by atoms with Crippen molar-refractivity contribution in [3.05, 3.63) is 0 Å². The number of hydrogen-bond acceptors (Lipinski definition) is 3. The lowest BCUT2D eigenvalue weighted by Crippen LogP contribution is -2.23. The Kier molecular flexibility index (Phi) is 3.12. The van der Waals surface area contributed by atoms with Crippen LogP contribution >= 0.6 is 0 Å². The van der Waals surface area contributed by atoms with E-state index in [2.05, 4.69) is 5.32 Å².